The number of aromatic nitrogens is 8. The van der Waals surface area contributed by atoms with E-state index in [1.807, 2.05) is 34.9 Å². The number of pyridine rings is 6. The van der Waals surface area contributed by atoms with Gasteiger partial charge >= 0.3 is 0 Å². The Morgan fingerprint density at radius 1 is 0.541 bits per heavy atom. The number of morpholine rings is 1. The van der Waals surface area contributed by atoms with Gasteiger partial charge in [-0.25, -0.2) is 39.0 Å². The smallest absolute Gasteiger partial charge is 0.243 e. The third-order valence-electron chi connectivity index (χ3n) is 18.3. The molecule has 1 atom stereocenters. The molecule has 3 aliphatic heterocycles. The molecule has 0 bridgehead atoms. The van der Waals surface area contributed by atoms with Gasteiger partial charge in [-0.15, -0.1) is 0 Å². The van der Waals surface area contributed by atoms with Crippen molar-refractivity contribution in [1.82, 2.24) is 34.5 Å². The number of rotatable bonds is 27. The summed E-state index contributed by atoms with van der Waals surface area (Å²) in [4.78, 5) is 34.0. The van der Waals surface area contributed by atoms with E-state index in [0.29, 0.717) is 119 Å². The van der Waals surface area contributed by atoms with Crippen molar-refractivity contribution in [3.8, 4) is 5.88 Å². The number of nitrogens with two attached hydrogens (primary N) is 12. The Balaban J connectivity index is 0.000000235. The second-order valence-corrected chi connectivity index (χ2v) is 31.2. The van der Waals surface area contributed by atoms with Crippen LogP contribution in [0.15, 0.2) is 92.3 Å². The Hall–Kier alpha value is -9.89. The number of nitrogen functional groups attached to an aromatic ring is 12. The van der Waals surface area contributed by atoms with Crippen molar-refractivity contribution in [3.05, 3.63) is 92.3 Å². The Bertz CT molecular complexity index is 3810. The van der Waals surface area contributed by atoms with E-state index in [1.165, 1.54) is 0 Å². The maximum atomic E-state index is 9.21. The largest absolute Gasteiger partial charge is 0.476 e. The minimum Gasteiger partial charge on any atom is -0.476 e. The molecule has 3 saturated heterocycles. The van der Waals surface area contributed by atoms with Crippen LogP contribution < -0.4 is 103 Å². The number of aliphatic hydroxyl groups excluding tert-OH is 4. The molecule has 606 valence electrons. The van der Waals surface area contributed by atoms with Gasteiger partial charge in [-0.3, -0.25) is 0 Å². The lowest BCUT2D eigenvalue weighted by molar-refractivity contribution is -0.929. The first-order valence-corrected chi connectivity index (χ1v) is 36.9. The van der Waals surface area contributed by atoms with Crippen LogP contribution in [-0.2, 0) is 17.8 Å². The van der Waals surface area contributed by atoms with E-state index < -0.39 is 0 Å². The van der Waals surface area contributed by atoms with E-state index in [2.05, 4.69) is 125 Å². The van der Waals surface area contributed by atoms with E-state index in [4.69, 9.17) is 88.5 Å². The van der Waals surface area contributed by atoms with Crippen molar-refractivity contribution < 1.29 is 56.9 Å². The van der Waals surface area contributed by atoms with Crippen molar-refractivity contribution in [2.24, 2.45) is 0 Å². The molecule has 109 heavy (non-hydrogen) atoms. The molecular weight excluding hydrogens is 1390 g/mol. The summed E-state index contributed by atoms with van der Waals surface area (Å²) in [5, 5.41) is 39.5. The average Bonchev–Trinajstić information content (AvgIpc) is 1.13. The van der Waals surface area contributed by atoms with Crippen LogP contribution in [0, 0.1) is 0 Å². The predicted molar refractivity (Wildman–Crippen MR) is 443 cm³/mol. The number of nitrogens with zero attached hydrogens (tertiary/aromatic N) is 17. The summed E-state index contributed by atoms with van der Waals surface area (Å²) in [5.41, 5.74) is 76.0. The van der Waals surface area contributed by atoms with E-state index in [9.17, 15) is 10.2 Å². The molecule has 3 fully saturated rings. The van der Waals surface area contributed by atoms with Gasteiger partial charge < -0.3 is 146 Å². The number of aliphatic hydroxyl groups is 4. The van der Waals surface area contributed by atoms with Crippen molar-refractivity contribution in [1.29, 1.82) is 0 Å². The van der Waals surface area contributed by atoms with Crippen LogP contribution in [0.3, 0.4) is 0 Å². The number of quaternary nitrogens is 5. The summed E-state index contributed by atoms with van der Waals surface area (Å²) >= 11 is 0. The number of hydrogen-bond donors (Lipinski definition) is 17. The number of hydrogen-bond acceptors (Lipinski definition) is 29. The fourth-order valence-corrected chi connectivity index (χ4v) is 12.4. The fourth-order valence-electron chi connectivity index (χ4n) is 12.4. The number of nitrogens with one attached hydrogen (secondary N) is 1. The van der Waals surface area contributed by atoms with Crippen LogP contribution in [0.5, 0.6) is 5.88 Å². The Kier molecular flexibility index (Phi) is 35.2. The third kappa shape index (κ3) is 32.1. The zero-order chi connectivity index (χ0) is 80.7. The zero-order valence-corrected chi connectivity index (χ0v) is 66.7. The maximum Gasteiger partial charge on any atom is 0.243 e. The molecule has 3 aliphatic rings. The number of piperazine rings is 2. The van der Waals surface area contributed by atoms with Gasteiger partial charge in [-0.1, -0.05) is 0 Å². The second kappa shape index (κ2) is 42.8. The van der Waals surface area contributed by atoms with Crippen molar-refractivity contribution >= 4 is 97.3 Å². The molecule has 10 rings (SSSR count). The highest BCUT2D eigenvalue weighted by Gasteiger charge is 2.34. The van der Waals surface area contributed by atoms with Gasteiger partial charge in [-0.2, -0.15) is 0 Å². The topological polar surface area (TPSA) is 523 Å². The second-order valence-electron chi connectivity index (χ2n) is 31.2. The van der Waals surface area contributed by atoms with Gasteiger partial charge in [0.1, 0.15) is 63.6 Å². The van der Waals surface area contributed by atoms with Gasteiger partial charge in [0.05, 0.1) is 294 Å². The Morgan fingerprint density at radius 3 is 1.47 bits per heavy atom. The number of anilines is 17. The van der Waals surface area contributed by atoms with Crippen molar-refractivity contribution in [2.75, 3.05) is 329 Å². The molecule has 0 spiro atoms. The number of imidazole rings is 1. The van der Waals surface area contributed by atoms with Crippen LogP contribution in [-0.4, -0.2) is 318 Å². The lowest BCUT2D eigenvalue weighted by Gasteiger charge is -2.44. The molecule has 7 aromatic rings. The average molecular weight is 1530 g/mol. The van der Waals surface area contributed by atoms with Gasteiger partial charge in [-0.05, 0) is 36.4 Å². The van der Waals surface area contributed by atoms with E-state index >= 15 is 0 Å². The maximum absolute atomic E-state index is 9.21. The summed E-state index contributed by atoms with van der Waals surface area (Å²) < 4.78 is 19.7. The minimum absolute atomic E-state index is 0.138. The van der Waals surface area contributed by atoms with Crippen molar-refractivity contribution in [3.63, 3.8) is 0 Å². The molecule has 36 nitrogen and oxygen atoms in total. The van der Waals surface area contributed by atoms with Gasteiger partial charge in [0.25, 0.3) is 0 Å². The molecule has 1 unspecified atom stereocenters. The van der Waals surface area contributed by atoms with E-state index in [-0.39, 0.29) is 32.5 Å². The fraction of sp³-hybridized carbons (Fsp3) is 0.548. The predicted octanol–water partition coefficient (Wildman–Crippen LogP) is -0.531. The summed E-state index contributed by atoms with van der Waals surface area (Å²) in [6.45, 7) is 19.1. The quantitative estimate of drug-likeness (QED) is 0.0175. The molecule has 36 heteroatoms. The van der Waals surface area contributed by atoms with Crippen LogP contribution in [0.25, 0.3) is 0 Å². The van der Waals surface area contributed by atoms with Gasteiger partial charge in [0.15, 0.2) is 23.3 Å². The van der Waals surface area contributed by atoms with Crippen LogP contribution in [0.4, 0.5) is 97.3 Å². The monoisotopic (exact) mass is 1530 g/mol. The minimum atomic E-state index is 0.138. The summed E-state index contributed by atoms with van der Waals surface area (Å²) in [6.07, 6.45) is 17.8. The zero-order valence-electron chi connectivity index (χ0n) is 66.7. The van der Waals surface area contributed by atoms with E-state index in [0.717, 1.165) is 163 Å². The molecule has 0 aromatic carbocycles. The molecular formula is C73H134N30O6+6. The highest BCUT2D eigenvalue weighted by atomic mass is 16.5. The molecule has 10 heterocycles. The van der Waals surface area contributed by atoms with Crippen molar-refractivity contribution in [2.45, 2.75) is 32.0 Å². The summed E-state index contributed by atoms with van der Waals surface area (Å²) in [5.74, 6) is 4.31. The molecule has 0 amide bonds. The van der Waals surface area contributed by atoms with Gasteiger partial charge in [0, 0.05) is 33.0 Å². The Labute approximate surface area is 644 Å². The SMILES string of the molecule is CN(CCC[N+](C)(C)C)c1ncc(N)cc1N.C[N+](C)(C)CC1CN(c2ncc(N)cc2N)CCO1.C[N+](C)(C)CCCOc1ncc(N)cc1N.C[N+]1(CCO)CCN(c2ncc(N)cc2N)CC1.Nc1cnc(N2CC[N+](CCO)(CCO)CC2)c(N)c1.Nc1cnc(NCCn2cc[n+](CCO)c2)c(N)c1. The summed E-state index contributed by atoms with van der Waals surface area (Å²) in [7, 11) is 23.7. The van der Waals surface area contributed by atoms with Crippen LogP contribution in [0.2, 0.25) is 0 Å². The van der Waals surface area contributed by atoms with Crippen LogP contribution >= 0.6 is 0 Å². The first-order chi connectivity index (χ1) is 51.3. The third-order valence-corrected chi connectivity index (χ3v) is 18.3. The standard InChI is InChI=1S/C13H24N5O2.C13H24N5O.C12H19N6O.C12H22N5O.C12H24N5.C11H21N4O/c14-11-9-12(15)13(16-10-11)17-1-3-18(4-2-17,5-7-19)6-8-20;1-18(2,3)9-11-8-17(4-5-19-11)13-12(15)6-10(14)7-16-13;13-10-7-11(14)12(16-8-10)15-1-2-17-3-4-18(9-17)5-6-19;1-17(6-7-18)4-2-16(3-5-17)12-11(14)8-10(13)9-15-12;1-16(6-5-7-17(2,3)4)12-11(14)8-10(13)9-15-12;1-15(2,3)5-4-6-16-11-10(13)7-9(12)8-14-11/h9-10,19-20H,1-8,14-15H2;6-7,11H,4-5,8-9,14-15H2,1-3H3;3-4,7-9,19H,1-2,5-6,13-14H2,(H,15,16);8-9,18H,2-7,13-14H2,1H3;8-9H,5-7,13-14H2,1-4H3;7-8H,4-6,12-13H2,1-3H3/q6*+1. The highest BCUT2D eigenvalue weighted by Crippen LogP contribution is 2.29. The molecule has 0 aliphatic carbocycles. The number of ether oxygens (including phenoxy) is 2. The van der Waals surface area contributed by atoms with Gasteiger partial charge in [0.2, 0.25) is 12.2 Å². The first-order valence-electron chi connectivity index (χ1n) is 36.9. The molecule has 7 aromatic heterocycles. The molecule has 0 radical (unpaired) electrons. The number of likely N-dealkylation sites (N-methyl/N-ethyl adjacent to an activating group) is 2. The summed E-state index contributed by atoms with van der Waals surface area (Å²) in [6, 6.07) is 10.3. The lowest BCUT2D eigenvalue weighted by atomic mass is 10.2. The van der Waals surface area contributed by atoms with Crippen LogP contribution in [0.1, 0.15) is 12.8 Å². The lowest BCUT2D eigenvalue weighted by Crippen LogP contribution is -2.61. The Morgan fingerprint density at radius 2 is 1.00 bits per heavy atom. The highest BCUT2D eigenvalue weighted by molar-refractivity contribution is 5.70. The normalized spacial score (nSPS) is 15.4. The molecule has 29 N–H and O–H groups in total. The molecule has 0 saturated carbocycles. The first kappa shape index (κ1) is 89.7. The van der Waals surface area contributed by atoms with E-state index in [1.54, 1.807) is 73.6 Å².